The van der Waals surface area contributed by atoms with E-state index >= 15 is 0 Å². The quantitative estimate of drug-likeness (QED) is 0.339. The molecular weight excluding hydrogens is 142 g/mol. The molecule has 56 valence electrons. The molecule has 0 heterocycles. The largest absolute Gasteiger partial charge is 0.254 e. The van der Waals surface area contributed by atoms with E-state index in [1.54, 1.807) is 17.8 Å². The van der Waals surface area contributed by atoms with E-state index in [4.69, 9.17) is 0 Å². The molecule has 0 amide bonds. The lowest BCUT2D eigenvalue weighted by Crippen LogP contribution is -1.77. The number of hydrogen-bond acceptors (Lipinski definition) is 2. The lowest BCUT2D eigenvalue weighted by atomic mass is 10.3. The minimum atomic E-state index is 1.07. The van der Waals surface area contributed by atoms with Crippen LogP contribution in [0, 0.1) is 0 Å². The van der Waals surface area contributed by atoms with E-state index in [9.17, 15) is 0 Å². The van der Waals surface area contributed by atoms with Crippen molar-refractivity contribution >= 4 is 16.8 Å². The van der Waals surface area contributed by atoms with E-state index in [-0.39, 0.29) is 0 Å². The van der Waals surface area contributed by atoms with Gasteiger partial charge in [-0.3, -0.25) is 4.99 Å². The van der Waals surface area contributed by atoms with Crippen LogP contribution in [0.4, 0.5) is 0 Å². The molecule has 0 rings (SSSR count). The fourth-order valence-corrected chi connectivity index (χ4v) is 0.456. The Labute approximate surface area is 66.9 Å². The molecule has 0 unspecified atom stereocenters. The van der Waals surface area contributed by atoms with E-state index in [2.05, 4.69) is 11.6 Å². The molecule has 0 fully saturated rings. The minimum absolute atomic E-state index is 1.07. The fourth-order valence-electron chi connectivity index (χ4n) is 0.298. The van der Waals surface area contributed by atoms with Gasteiger partial charge in [0.1, 0.15) is 0 Å². The van der Waals surface area contributed by atoms with Crippen LogP contribution in [0.2, 0.25) is 0 Å². The van der Waals surface area contributed by atoms with Crippen molar-refractivity contribution in [3.05, 3.63) is 24.4 Å². The molecule has 10 heavy (non-hydrogen) atoms. The third kappa shape index (κ3) is 4.39. The SMILES string of the molecule is C=C/C(C)=C\N=C(C)SC. The van der Waals surface area contributed by atoms with E-state index in [0.717, 1.165) is 10.6 Å². The molecule has 2 heteroatoms. The Morgan fingerprint density at radius 2 is 2.10 bits per heavy atom. The molecule has 0 aromatic heterocycles. The van der Waals surface area contributed by atoms with Crippen LogP contribution in [-0.4, -0.2) is 11.3 Å². The normalized spacial score (nSPS) is 13.5. The second kappa shape index (κ2) is 5.30. The first-order chi connectivity index (χ1) is 4.70. The Kier molecular flexibility index (Phi) is 5.03. The molecule has 0 aliphatic carbocycles. The maximum Gasteiger partial charge on any atom is 0.0697 e. The zero-order valence-corrected chi connectivity index (χ0v) is 7.53. The average molecular weight is 155 g/mol. The van der Waals surface area contributed by atoms with Crippen molar-refractivity contribution in [2.45, 2.75) is 13.8 Å². The highest BCUT2D eigenvalue weighted by atomic mass is 32.2. The van der Waals surface area contributed by atoms with Crippen molar-refractivity contribution in [2.24, 2.45) is 4.99 Å². The molecule has 0 atom stereocenters. The van der Waals surface area contributed by atoms with E-state index < -0.39 is 0 Å². The van der Waals surface area contributed by atoms with Gasteiger partial charge in [-0.1, -0.05) is 12.7 Å². The maximum atomic E-state index is 4.16. The lowest BCUT2D eigenvalue weighted by Gasteiger charge is -1.89. The van der Waals surface area contributed by atoms with Gasteiger partial charge >= 0.3 is 0 Å². The first-order valence-corrected chi connectivity index (χ1v) is 4.30. The zero-order chi connectivity index (χ0) is 7.98. The first-order valence-electron chi connectivity index (χ1n) is 3.08. The minimum Gasteiger partial charge on any atom is -0.254 e. The van der Waals surface area contributed by atoms with Gasteiger partial charge in [-0.25, -0.2) is 0 Å². The summed E-state index contributed by atoms with van der Waals surface area (Å²) in [6, 6.07) is 0. The summed E-state index contributed by atoms with van der Waals surface area (Å²) in [5, 5.41) is 1.07. The Balaban J connectivity index is 4.03. The van der Waals surface area contributed by atoms with Crippen molar-refractivity contribution in [1.29, 1.82) is 0 Å². The monoisotopic (exact) mass is 155 g/mol. The van der Waals surface area contributed by atoms with Crippen LogP contribution >= 0.6 is 11.8 Å². The van der Waals surface area contributed by atoms with E-state index in [1.807, 2.05) is 26.3 Å². The van der Waals surface area contributed by atoms with Gasteiger partial charge in [0, 0.05) is 6.20 Å². The average Bonchev–Trinajstić information content (AvgIpc) is 1.99. The van der Waals surface area contributed by atoms with Crippen LogP contribution < -0.4 is 0 Å². The third-order valence-corrected chi connectivity index (χ3v) is 1.76. The molecular formula is C8H13NS. The van der Waals surface area contributed by atoms with E-state index in [1.165, 1.54) is 0 Å². The highest BCUT2D eigenvalue weighted by molar-refractivity contribution is 8.13. The van der Waals surface area contributed by atoms with Crippen molar-refractivity contribution in [3.63, 3.8) is 0 Å². The van der Waals surface area contributed by atoms with Gasteiger partial charge in [0.2, 0.25) is 0 Å². The van der Waals surface area contributed by atoms with Crippen LogP contribution in [-0.2, 0) is 0 Å². The van der Waals surface area contributed by atoms with Gasteiger partial charge in [-0.15, -0.1) is 11.8 Å². The molecule has 0 bridgehead atoms. The molecule has 0 saturated carbocycles. The molecule has 0 radical (unpaired) electrons. The van der Waals surface area contributed by atoms with Crippen LogP contribution in [0.5, 0.6) is 0 Å². The number of hydrogen-bond donors (Lipinski definition) is 0. The smallest absolute Gasteiger partial charge is 0.0697 e. The lowest BCUT2D eigenvalue weighted by molar-refractivity contribution is 1.43. The highest BCUT2D eigenvalue weighted by Crippen LogP contribution is 1.99. The van der Waals surface area contributed by atoms with Crippen molar-refractivity contribution in [1.82, 2.24) is 0 Å². The Morgan fingerprint density at radius 1 is 1.50 bits per heavy atom. The second-order valence-corrected chi connectivity index (χ2v) is 2.93. The van der Waals surface area contributed by atoms with Gasteiger partial charge < -0.3 is 0 Å². The summed E-state index contributed by atoms with van der Waals surface area (Å²) in [7, 11) is 0. The van der Waals surface area contributed by atoms with Gasteiger partial charge in [-0.2, -0.15) is 0 Å². The topological polar surface area (TPSA) is 12.4 Å². The van der Waals surface area contributed by atoms with Crippen LogP contribution in [0.15, 0.2) is 29.4 Å². The molecule has 1 nitrogen and oxygen atoms in total. The molecule has 0 aliphatic heterocycles. The molecule has 0 saturated heterocycles. The summed E-state index contributed by atoms with van der Waals surface area (Å²) in [4.78, 5) is 4.16. The van der Waals surface area contributed by atoms with Crippen LogP contribution in [0.25, 0.3) is 0 Å². The summed E-state index contributed by atoms with van der Waals surface area (Å²) in [5.74, 6) is 0. The predicted octanol–water partition coefficient (Wildman–Crippen LogP) is 2.86. The summed E-state index contributed by atoms with van der Waals surface area (Å²) in [6.45, 7) is 7.58. The Morgan fingerprint density at radius 3 is 2.50 bits per heavy atom. The number of allylic oxidation sites excluding steroid dienone is 2. The first kappa shape index (κ1) is 9.50. The summed E-state index contributed by atoms with van der Waals surface area (Å²) < 4.78 is 0. The van der Waals surface area contributed by atoms with Gasteiger partial charge in [0.15, 0.2) is 0 Å². The Bertz CT molecular complexity index is 168. The Hall–Kier alpha value is -0.500. The van der Waals surface area contributed by atoms with Crippen LogP contribution in [0.1, 0.15) is 13.8 Å². The molecule has 0 aromatic carbocycles. The van der Waals surface area contributed by atoms with Crippen molar-refractivity contribution < 1.29 is 0 Å². The molecule has 0 aromatic rings. The second-order valence-electron chi connectivity index (χ2n) is 1.93. The fraction of sp³-hybridized carbons (Fsp3) is 0.375. The maximum absolute atomic E-state index is 4.16. The third-order valence-electron chi connectivity index (χ3n) is 1.07. The predicted molar refractivity (Wildman–Crippen MR) is 50.6 cm³/mol. The molecule has 0 N–H and O–H groups in total. The number of rotatable bonds is 2. The summed E-state index contributed by atoms with van der Waals surface area (Å²) in [5.41, 5.74) is 1.09. The summed E-state index contributed by atoms with van der Waals surface area (Å²) >= 11 is 1.65. The van der Waals surface area contributed by atoms with Crippen molar-refractivity contribution in [3.8, 4) is 0 Å². The van der Waals surface area contributed by atoms with Gasteiger partial charge in [0.05, 0.1) is 5.04 Å². The number of thioether (sulfide) groups is 1. The van der Waals surface area contributed by atoms with Gasteiger partial charge in [-0.05, 0) is 25.7 Å². The standard InChI is InChI=1S/C8H13NS/c1-5-7(2)6-9-8(3)10-4/h5-6H,1H2,2-4H3/b7-6-,9-8?. The number of aliphatic imine (C=N–C) groups is 1. The molecule has 0 aliphatic rings. The van der Waals surface area contributed by atoms with Crippen LogP contribution in [0.3, 0.4) is 0 Å². The molecule has 0 spiro atoms. The number of nitrogens with zero attached hydrogens (tertiary/aromatic N) is 1. The zero-order valence-electron chi connectivity index (χ0n) is 6.72. The van der Waals surface area contributed by atoms with Gasteiger partial charge in [0.25, 0.3) is 0 Å². The van der Waals surface area contributed by atoms with E-state index in [0.29, 0.717) is 0 Å². The highest BCUT2D eigenvalue weighted by Gasteiger charge is 1.81. The van der Waals surface area contributed by atoms with Crippen molar-refractivity contribution in [2.75, 3.05) is 6.26 Å². The summed E-state index contributed by atoms with van der Waals surface area (Å²) in [6.07, 6.45) is 5.62.